The second kappa shape index (κ2) is 31.0. The Bertz CT molecular complexity index is 3300. The van der Waals surface area contributed by atoms with Gasteiger partial charge in [-0.2, -0.15) is 14.4 Å². The van der Waals surface area contributed by atoms with E-state index in [9.17, 15) is 4.79 Å². The number of carbonyl (C=O) groups is 1. The van der Waals surface area contributed by atoms with E-state index in [1.807, 2.05) is 133 Å². The number of benzene rings is 6. The number of hydrogen-bond acceptors (Lipinski definition) is 12. The third-order valence-corrected chi connectivity index (χ3v) is 15.6. The number of halogens is 1. The van der Waals surface area contributed by atoms with Crippen LogP contribution in [0.1, 0.15) is 144 Å². The van der Waals surface area contributed by atoms with E-state index < -0.39 is 49.1 Å². The van der Waals surface area contributed by atoms with Crippen LogP contribution in [0.2, 0.25) is 0 Å². The zero-order valence-electron chi connectivity index (χ0n) is 48.6. The average Bonchev–Trinajstić information content (AvgIpc) is 3.70. The van der Waals surface area contributed by atoms with Crippen LogP contribution in [0.3, 0.4) is 0 Å². The van der Waals surface area contributed by atoms with E-state index >= 15 is 4.39 Å². The lowest BCUT2D eigenvalue weighted by atomic mass is 9.95. The molecule has 1 aliphatic heterocycles. The molecular formula is C70H78FN5O8. The molecule has 0 spiro atoms. The van der Waals surface area contributed by atoms with Gasteiger partial charge in [0.15, 0.2) is 29.4 Å². The number of methoxy groups -OCH3 is 2. The van der Waals surface area contributed by atoms with Crippen LogP contribution in [0.25, 0.3) is 33.4 Å². The third-order valence-electron chi connectivity index (χ3n) is 15.6. The normalized spacial score (nSPS) is 16.4. The Morgan fingerprint density at radius 1 is 0.655 bits per heavy atom. The molecule has 0 radical (unpaired) electrons. The summed E-state index contributed by atoms with van der Waals surface area (Å²) in [6, 6.07) is 51.4. The van der Waals surface area contributed by atoms with Crippen molar-refractivity contribution in [2.75, 3.05) is 39.5 Å². The van der Waals surface area contributed by atoms with Crippen molar-refractivity contribution in [2.24, 2.45) is 0 Å². The van der Waals surface area contributed by atoms with Gasteiger partial charge in [-0.3, -0.25) is 4.57 Å². The van der Waals surface area contributed by atoms with Gasteiger partial charge in [0.05, 0.1) is 39.8 Å². The fraction of sp³-hybridized carbons (Fsp3) is 0.371. The van der Waals surface area contributed by atoms with Crippen LogP contribution in [-0.2, 0) is 23.7 Å². The second-order valence-corrected chi connectivity index (χ2v) is 21.4. The maximum Gasteiger partial charge on any atom is 0.510 e. The Balaban J connectivity index is 0.910. The van der Waals surface area contributed by atoms with Gasteiger partial charge in [0.1, 0.15) is 29.9 Å². The quantitative estimate of drug-likeness (QED) is 0.0141. The monoisotopic (exact) mass is 1140 g/mol. The molecule has 0 saturated carbocycles. The summed E-state index contributed by atoms with van der Waals surface area (Å²) in [5, 5.41) is 3.51. The van der Waals surface area contributed by atoms with Crippen LogP contribution < -0.4 is 14.8 Å². The number of imidazole rings is 1. The molecule has 8 aromatic rings. The number of terminal acetylenes is 1. The highest BCUT2D eigenvalue weighted by molar-refractivity contribution is 5.83. The van der Waals surface area contributed by atoms with Crippen LogP contribution in [0, 0.1) is 18.4 Å². The van der Waals surface area contributed by atoms with Crippen LogP contribution in [0.15, 0.2) is 164 Å². The fourth-order valence-corrected chi connectivity index (χ4v) is 10.9. The Labute approximate surface area is 494 Å². The number of nitrogens with one attached hydrogen (secondary N) is 1. The minimum Gasteiger partial charge on any atom is -0.497 e. The number of anilines is 1. The second-order valence-electron chi connectivity index (χ2n) is 21.4. The van der Waals surface area contributed by atoms with E-state index in [-0.39, 0.29) is 31.1 Å². The first-order chi connectivity index (χ1) is 41.3. The number of aromatic nitrogens is 4. The Morgan fingerprint density at radius 2 is 1.14 bits per heavy atom. The van der Waals surface area contributed by atoms with Crippen molar-refractivity contribution in [1.29, 1.82) is 0 Å². The van der Waals surface area contributed by atoms with Gasteiger partial charge in [-0.25, -0.2) is 9.78 Å². The van der Waals surface area contributed by atoms with Gasteiger partial charge >= 0.3 is 12.2 Å². The molecule has 0 bridgehead atoms. The molecule has 5 atom stereocenters. The molecule has 3 heterocycles. The molecule has 13 nitrogen and oxygen atoms in total. The summed E-state index contributed by atoms with van der Waals surface area (Å²) in [6.45, 7) is 1.81. The first-order valence-electron chi connectivity index (χ1n) is 29.7. The zero-order chi connectivity index (χ0) is 58.4. The van der Waals surface area contributed by atoms with Gasteiger partial charge in [-0.1, -0.05) is 230 Å². The van der Waals surface area contributed by atoms with Crippen molar-refractivity contribution < 1.29 is 42.3 Å². The molecule has 0 amide bonds. The fourth-order valence-electron chi connectivity index (χ4n) is 10.9. The molecule has 1 fully saturated rings. The highest BCUT2D eigenvalue weighted by Gasteiger charge is 2.51. The number of ether oxygens (including phenoxy) is 7. The van der Waals surface area contributed by atoms with Crippen molar-refractivity contribution in [3.8, 4) is 46.1 Å². The summed E-state index contributed by atoms with van der Waals surface area (Å²) in [7, 11) is 3.29. The Hall–Kier alpha value is -8.09. The number of rotatable bonds is 32. The molecule has 14 heteroatoms. The number of fused-ring (bicyclic) bond motifs is 1. The van der Waals surface area contributed by atoms with Crippen molar-refractivity contribution in [3.63, 3.8) is 0 Å². The van der Waals surface area contributed by atoms with Crippen molar-refractivity contribution in [1.82, 2.24) is 19.5 Å². The predicted octanol–water partition coefficient (Wildman–Crippen LogP) is 16.6. The lowest BCUT2D eigenvalue weighted by Gasteiger charge is -2.32. The van der Waals surface area contributed by atoms with E-state index in [1.165, 1.54) is 70.6 Å². The molecule has 2 aromatic heterocycles. The third kappa shape index (κ3) is 16.2. The molecule has 84 heavy (non-hydrogen) atoms. The maximum absolute atomic E-state index is 16.0. The van der Waals surface area contributed by atoms with E-state index in [0.717, 1.165) is 75.3 Å². The van der Waals surface area contributed by atoms with Gasteiger partial charge in [-0.05, 0) is 75.2 Å². The SMILES string of the molecule is C#C[C@]1(COCOC(=O)OCCCCCCCCCCCCCCCC)O[C@@H](n2cnc3c(NC(c4ccccc4)c4ccc(-c5ccc(OC)cc5)cc4)nc(F)nc32)C[C@@H]1OC(c1ccccc1)c1ccc(-c2ccc(OC)cc2)cc1. The van der Waals surface area contributed by atoms with Crippen LogP contribution in [0.4, 0.5) is 15.0 Å². The number of unbranched alkanes of at least 4 members (excludes halogenated alkanes) is 13. The molecule has 1 saturated heterocycles. The largest absolute Gasteiger partial charge is 0.510 e. The summed E-state index contributed by atoms with van der Waals surface area (Å²) in [4.78, 5) is 26.2. The number of nitrogens with zero attached hydrogens (tertiary/aromatic N) is 4. The van der Waals surface area contributed by atoms with Crippen LogP contribution >= 0.6 is 0 Å². The van der Waals surface area contributed by atoms with Gasteiger partial charge in [0.2, 0.25) is 0 Å². The van der Waals surface area contributed by atoms with Crippen molar-refractivity contribution in [3.05, 3.63) is 192 Å². The molecule has 2 unspecified atom stereocenters. The van der Waals surface area contributed by atoms with Gasteiger partial charge < -0.3 is 38.5 Å². The van der Waals surface area contributed by atoms with E-state index in [2.05, 4.69) is 52.4 Å². The number of carbonyl (C=O) groups excluding carboxylic acids is 1. The number of hydrogen-bond donors (Lipinski definition) is 1. The summed E-state index contributed by atoms with van der Waals surface area (Å²) >= 11 is 0. The van der Waals surface area contributed by atoms with Gasteiger partial charge in [0, 0.05) is 6.42 Å². The minimum atomic E-state index is -1.57. The first-order valence-corrected chi connectivity index (χ1v) is 29.7. The molecule has 9 rings (SSSR count). The van der Waals surface area contributed by atoms with Crippen molar-refractivity contribution >= 4 is 23.1 Å². The zero-order valence-corrected chi connectivity index (χ0v) is 48.6. The lowest BCUT2D eigenvalue weighted by Crippen LogP contribution is -2.45. The van der Waals surface area contributed by atoms with Crippen molar-refractivity contribution in [2.45, 2.75) is 133 Å². The molecule has 6 aromatic carbocycles. The van der Waals surface area contributed by atoms with E-state index in [0.29, 0.717) is 5.52 Å². The average molecular weight is 1140 g/mol. The molecule has 1 aliphatic rings. The summed E-state index contributed by atoms with van der Waals surface area (Å²) in [6.07, 6.45) is 21.3. The van der Waals surface area contributed by atoms with E-state index in [1.54, 1.807) is 25.1 Å². The Kier molecular flexibility index (Phi) is 22.3. The summed E-state index contributed by atoms with van der Waals surface area (Å²) in [5.74, 6) is 4.60. The minimum absolute atomic E-state index is 0.163. The Morgan fingerprint density at radius 3 is 1.68 bits per heavy atom. The standard InChI is InChI=1S/C70H78FN5O8/c1-5-7-8-9-10-11-12-13-14-15-16-17-18-25-46-81-69(77)82-50-80-48-70(6-2)61(83-65(57-28-23-20-24-29-57)58-36-32-52(33-37-58)54-40-44-60(79-4)45-41-54)47-62(84-70)76-49-72-64-66(74-68(71)75-67(64)76)73-63(55-26-21-19-22-27-55)56-34-30-51(31-35-56)53-38-42-59(78-3)43-39-53/h2,19-24,26-45,49,61-63,65H,5,7-18,25,46-48,50H2,1,3-4H3,(H,73,74,75)/t61-,62+,63?,65?,70+/m0/s1. The first kappa shape index (κ1) is 60.5. The predicted molar refractivity (Wildman–Crippen MR) is 327 cm³/mol. The van der Waals surface area contributed by atoms with Gasteiger partial charge in [-0.15, -0.1) is 6.42 Å². The van der Waals surface area contributed by atoms with Crippen LogP contribution in [0.5, 0.6) is 11.5 Å². The highest BCUT2D eigenvalue weighted by atomic mass is 19.1. The summed E-state index contributed by atoms with van der Waals surface area (Å²) in [5.41, 5.74) is 6.57. The van der Waals surface area contributed by atoms with E-state index in [4.69, 9.17) is 44.6 Å². The molecular weight excluding hydrogens is 1060 g/mol. The molecule has 0 aliphatic carbocycles. The topological polar surface area (TPSA) is 137 Å². The molecule has 1 N–H and O–H groups in total. The smallest absolute Gasteiger partial charge is 0.497 e. The van der Waals surface area contributed by atoms with Crippen LogP contribution in [-0.4, -0.2) is 71.6 Å². The summed E-state index contributed by atoms with van der Waals surface area (Å²) < 4.78 is 59.4. The maximum atomic E-state index is 16.0. The highest BCUT2D eigenvalue weighted by Crippen LogP contribution is 2.44. The molecule has 438 valence electrons. The van der Waals surface area contributed by atoms with Gasteiger partial charge in [0.25, 0.3) is 0 Å². The lowest BCUT2D eigenvalue weighted by molar-refractivity contribution is -0.147.